The van der Waals surface area contributed by atoms with Gasteiger partial charge in [-0.3, -0.25) is 4.98 Å². The molecule has 26 heavy (non-hydrogen) atoms. The maximum Gasteiger partial charge on any atom is 0.341 e. The molecule has 4 rings (SSSR count). The summed E-state index contributed by atoms with van der Waals surface area (Å²) in [6.07, 6.45) is 1.65. The van der Waals surface area contributed by atoms with E-state index in [9.17, 15) is 9.18 Å². The zero-order valence-electron chi connectivity index (χ0n) is 13.8. The van der Waals surface area contributed by atoms with Crippen LogP contribution < -0.4 is 0 Å². The minimum Gasteiger partial charge on any atom is -0.465 e. The predicted molar refractivity (Wildman–Crippen MR) is 94.0 cm³/mol. The van der Waals surface area contributed by atoms with Gasteiger partial charge < -0.3 is 9.15 Å². The second kappa shape index (κ2) is 6.40. The molecule has 2 aromatic carbocycles. The van der Waals surface area contributed by atoms with Crippen molar-refractivity contribution in [1.29, 1.82) is 0 Å². The summed E-state index contributed by atoms with van der Waals surface area (Å²) in [6.45, 7) is 0. The fourth-order valence-corrected chi connectivity index (χ4v) is 2.72. The van der Waals surface area contributed by atoms with Gasteiger partial charge in [0.2, 0.25) is 5.89 Å². The normalized spacial score (nSPS) is 10.8. The van der Waals surface area contributed by atoms with Gasteiger partial charge in [0.1, 0.15) is 16.9 Å². The maximum absolute atomic E-state index is 14.7. The van der Waals surface area contributed by atoms with Crippen molar-refractivity contribution >= 4 is 17.1 Å². The molecule has 0 unspecified atom stereocenters. The lowest BCUT2D eigenvalue weighted by Gasteiger charge is -2.03. The Labute approximate surface area is 148 Å². The minimum atomic E-state index is -0.538. The average Bonchev–Trinajstić information content (AvgIpc) is 3.11. The number of carbonyl (C=O) groups excluding carboxylic acids is 1. The first-order valence-electron chi connectivity index (χ1n) is 7.86. The Kier molecular flexibility index (Phi) is 3.93. The monoisotopic (exact) mass is 348 g/mol. The zero-order valence-corrected chi connectivity index (χ0v) is 13.8. The lowest BCUT2D eigenvalue weighted by atomic mass is 10.1. The summed E-state index contributed by atoms with van der Waals surface area (Å²) in [5.74, 6) is -0.926. The molecule has 2 heterocycles. The van der Waals surface area contributed by atoms with Gasteiger partial charge in [-0.15, -0.1) is 0 Å². The Hall–Kier alpha value is -3.54. The molecule has 0 bridgehead atoms. The summed E-state index contributed by atoms with van der Waals surface area (Å²) in [6, 6.07) is 15.1. The van der Waals surface area contributed by atoms with Gasteiger partial charge in [-0.05, 0) is 36.4 Å². The Balaban J connectivity index is 1.80. The molecular weight excluding hydrogens is 335 g/mol. The van der Waals surface area contributed by atoms with Gasteiger partial charge in [0.05, 0.1) is 18.4 Å². The van der Waals surface area contributed by atoms with Gasteiger partial charge in [-0.1, -0.05) is 18.2 Å². The number of ether oxygens (including phenoxy) is 1. The minimum absolute atomic E-state index is 0.0985. The number of pyridine rings is 1. The van der Waals surface area contributed by atoms with Crippen LogP contribution in [-0.2, 0) is 4.74 Å². The van der Waals surface area contributed by atoms with Gasteiger partial charge >= 0.3 is 5.97 Å². The van der Waals surface area contributed by atoms with Crippen LogP contribution in [0.4, 0.5) is 4.39 Å². The van der Waals surface area contributed by atoms with Crippen molar-refractivity contribution in [3.8, 4) is 22.7 Å². The molecule has 0 amide bonds. The average molecular weight is 348 g/mol. The number of fused-ring (bicyclic) bond motifs is 1. The van der Waals surface area contributed by atoms with E-state index in [4.69, 9.17) is 9.15 Å². The van der Waals surface area contributed by atoms with Crippen molar-refractivity contribution in [3.05, 3.63) is 72.2 Å². The van der Waals surface area contributed by atoms with Gasteiger partial charge in [0.15, 0.2) is 5.58 Å². The number of carbonyl (C=O) groups is 1. The van der Waals surface area contributed by atoms with Crippen LogP contribution in [0.1, 0.15) is 10.4 Å². The Morgan fingerprint density at radius 2 is 2.00 bits per heavy atom. The van der Waals surface area contributed by atoms with Crippen molar-refractivity contribution in [1.82, 2.24) is 9.97 Å². The van der Waals surface area contributed by atoms with E-state index < -0.39 is 11.8 Å². The maximum atomic E-state index is 14.7. The second-order valence-electron chi connectivity index (χ2n) is 5.57. The highest BCUT2D eigenvalue weighted by atomic mass is 19.1. The largest absolute Gasteiger partial charge is 0.465 e. The number of hydrogen-bond acceptors (Lipinski definition) is 5. The standard InChI is InChI=1S/C20H13FN2O3/c1-25-20(24)14-5-4-7-17-18(14)26-19(23-17)13-9-8-12(11-15(13)21)16-6-2-3-10-22-16/h2-11H,1H3. The second-order valence-corrected chi connectivity index (χ2v) is 5.57. The topological polar surface area (TPSA) is 65.2 Å². The number of oxazole rings is 1. The van der Waals surface area contributed by atoms with Gasteiger partial charge in [0.25, 0.3) is 0 Å². The number of rotatable bonds is 3. The molecule has 0 aliphatic rings. The molecule has 2 aromatic heterocycles. The van der Waals surface area contributed by atoms with E-state index in [1.165, 1.54) is 13.2 Å². The highest BCUT2D eigenvalue weighted by Crippen LogP contribution is 2.30. The summed E-state index contributed by atoms with van der Waals surface area (Å²) >= 11 is 0. The number of halogens is 1. The summed E-state index contributed by atoms with van der Waals surface area (Å²) in [7, 11) is 1.29. The van der Waals surface area contributed by atoms with E-state index in [0.717, 1.165) is 0 Å². The van der Waals surface area contributed by atoms with Crippen LogP contribution in [0.3, 0.4) is 0 Å². The van der Waals surface area contributed by atoms with E-state index in [-0.39, 0.29) is 22.6 Å². The number of para-hydroxylation sites is 1. The predicted octanol–water partition coefficient (Wildman–Crippen LogP) is 4.48. The molecule has 0 radical (unpaired) electrons. The van der Waals surface area contributed by atoms with Gasteiger partial charge in [-0.2, -0.15) is 0 Å². The van der Waals surface area contributed by atoms with Crippen LogP contribution in [0.15, 0.2) is 65.2 Å². The fraction of sp³-hybridized carbons (Fsp3) is 0.0500. The fourth-order valence-electron chi connectivity index (χ4n) is 2.72. The Morgan fingerprint density at radius 3 is 2.73 bits per heavy atom. The lowest BCUT2D eigenvalue weighted by molar-refractivity contribution is 0.0602. The molecule has 6 heteroatoms. The SMILES string of the molecule is COC(=O)c1cccc2nc(-c3ccc(-c4ccccn4)cc3F)oc12. The van der Waals surface area contributed by atoms with Gasteiger partial charge in [0, 0.05) is 11.8 Å². The molecule has 0 spiro atoms. The van der Waals surface area contributed by atoms with E-state index in [1.807, 2.05) is 6.07 Å². The molecule has 0 atom stereocenters. The van der Waals surface area contributed by atoms with E-state index in [0.29, 0.717) is 16.8 Å². The van der Waals surface area contributed by atoms with Crippen LogP contribution in [0.25, 0.3) is 33.8 Å². The van der Waals surface area contributed by atoms with Crippen molar-refractivity contribution in [3.63, 3.8) is 0 Å². The zero-order chi connectivity index (χ0) is 18.1. The number of aromatic nitrogens is 2. The molecular formula is C20H13FN2O3. The Morgan fingerprint density at radius 1 is 1.12 bits per heavy atom. The van der Waals surface area contributed by atoms with Crippen LogP contribution in [0, 0.1) is 5.82 Å². The van der Waals surface area contributed by atoms with Crippen molar-refractivity contribution in [2.75, 3.05) is 7.11 Å². The first kappa shape index (κ1) is 16.0. The molecule has 5 nitrogen and oxygen atoms in total. The molecule has 4 aromatic rings. The van der Waals surface area contributed by atoms with Crippen molar-refractivity contribution < 1.29 is 18.3 Å². The van der Waals surface area contributed by atoms with Crippen LogP contribution >= 0.6 is 0 Å². The van der Waals surface area contributed by atoms with Gasteiger partial charge in [-0.25, -0.2) is 14.2 Å². The summed E-state index contributed by atoms with van der Waals surface area (Å²) in [4.78, 5) is 20.4. The molecule has 0 N–H and O–H groups in total. The van der Waals surface area contributed by atoms with Crippen LogP contribution in [0.5, 0.6) is 0 Å². The number of esters is 1. The highest BCUT2D eigenvalue weighted by molar-refractivity contribution is 6.01. The first-order chi connectivity index (χ1) is 12.7. The van der Waals surface area contributed by atoms with Crippen LogP contribution in [0.2, 0.25) is 0 Å². The third-order valence-corrected chi connectivity index (χ3v) is 3.98. The van der Waals surface area contributed by atoms with E-state index in [1.54, 1.807) is 48.7 Å². The van der Waals surface area contributed by atoms with Crippen molar-refractivity contribution in [2.24, 2.45) is 0 Å². The summed E-state index contributed by atoms with van der Waals surface area (Å²) < 4.78 is 25.1. The number of benzene rings is 2. The molecule has 0 aliphatic heterocycles. The molecule has 128 valence electrons. The smallest absolute Gasteiger partial charge is 0.341 e. The lowest BCUT2D eigenvalue weighted by Crippen LogP contribution is -2.00. The quantitative estimate of drug-likeness (QED) is 0.511. The molecule has 0 saturated carbocycles. The first-order valence-corrected chi connectivity index (χ1v) is 7.86. The number of methoxy groups -OCH3 is 1. The highest BCUT2D eigenvalue weighted by Gasteiger charge is 2.18. The third kappa shape index (κ3) is 2.71. The molecule has 0 saturated heterocycles. The number of nitrogens with zero attached hydrogens (tertiary/aromatic N) is 2. The Bertz CT molecular complexity index is 1110. The number of hydrogen-bond donors (Lipinski definition) is 0. The summed E-state index contributed by atoms with van der Waals surface area (Å²) in [5, 5.41) is 0. The molecule has 0 aliphatic carbocycles. The summed E-state index contributed by atoms with van der Waals surface area (Å²) in [5.41, 5.74) is 2.49. The van der Waals surface area contributed by atoms with E-state index in [2.05, 4.69) is 9.97 Å². The van der Waals surface area contributed by atoms with Crippen molar-refractivity contribution in [2.45, 2.75) is 0 Å². The molecule has 0 fully saturated rings. The third-order valence-electron chi connectivity index (χ3n) is 3.98. The van der Waals surface area contributed by atoms with Crippen LogP contribution in [-0.4, -0.2) is 23.0 Å². The van der Waals surface area contributed by atoms with E-state index >= 15 is 0 Å².